The summed E-state index contributed by atoms with van der Waals surface area (Å²) in [6, 6.07) is 16.9. The molecule has 0 atom stereocenters. The zero-order valence-corrected chi connectivity index (χ0v) is 17.4. The number of para-hydroxylation sites is 2. The van der Waals surface area contributed by atoms with Gasteiger partial charge in [0.1, 0.15) is 17.4 Å². The van der Waals surface area contributed by atoms with Gasteiger partial charge in [0.25, 0.3) is 0 Å². The first-order chi connectivity index (χ1) is 15.9. The molecule has 1 aromatic heterocycles. The summed E-state index contributed by atoms with van der Waals surface area (Å²) < 4.78 is 20.4. The molecule has 33 heavy (non-hydrogen) atoms. The fraction of sp³-hybridized carbons (Fsp3) is 0.0870. The van der Waals surface area contributed by atoms with Crippen molar-refractivity contribution in [3.63, 3.8) is 0 Å². The molecule has 0 aliphatic rings. The number of carbonyl (C=O) groups is 1. The van der Waals surface area contributed by atoms with Crippen molar-refractivity contribution in [2.75, 3.05) is 0 Å². The molecule has 1 amide bonds. The Balaban J connectivity index is 1.43. The van der Waals surface area contributed by atoms with Gasteiger partial charge in [-0.2, -0.15) is 5.10 Å². The number of aryl methyl sites for hydroxylation is 1. The molecule has 0 aliphatic carbocycles. The molecule has 4 rings (SSSR count). The van der Waals surface area contributed by atoms with Crippen LogP contribution in [0.5, 0.6) is 11.5 Å². The van der Waals surface area contributed by atoms with Crippen molar-refractivity contribution in [2.24, 2.45) is 12.1 Å². The summed E-state index contributed by atoms with van der Waals surface area (Å²) >= 11 is 0. The van der Waals surface area contributed by atoms with Crippen molar-refractivity contribution in [3.05, 3.63) is 94.0 Å². The highest BCUT2D eigenvalue weighted by atomic mass is 19.1. The molecule has 0 spiro atoms. The zero-order valence-electron chi connectivity index (χ0n) is 17.4. The Labute approximate surface area is 187 Å². The smallest absolute Gasteiger partial charge is 0.312 e. The molecule has 0 saturated carbocycles. The molecule has 166 valence electrons. The predicted molar refractivity (Wildman–Crippen MR) is 120 cm³/mol. The number of carbonyl (C=O) groups excluding carboxylic acids is 1. The van der Waals surface area contributed by atoms with E-state index in [1.807, 2.05) is 35.9 Å². The van der Waals surface area contributed by atoms with Gasteiger partial charge in [0, 0.05) is 18.7 Å². The number of hydrogen-bond donors (Lipinski definition) is 1. The first-order valence-corrected chi connectivity index (χ1v) is 9.85. The average Bonchev–Trinajstić information content (AvgIpc) is 3.11. The van der Waals surface area contributed by atoms with Crippen LogP contribution in [0.2, 0.25) is 0 Å². The summed E-state index contributed by atoms with van der Waals surface area (Å²) in [5.41, 5.74) is 4.20. The molecule has 0 bridgehead atoms. The van der Waals surface area contributed by atoms with Gasteiger partial charge in [0.15, 0.2) is 0 Å². The second-order valence-corrected chi connectivity index (χ2v) is 7.09. The zero-order chi connectivity index (χ0) is 23.4. The molecule has 0 aliphatic heterocycles. The lowest BCUT2D eigenvalue weighted by Gasteiger charge is -2.07. The third-order valence-corrected chi connectivity index (χ3v) is 4.82. The normalized spacial score (nSPS) is 11.1. The Morgan fingerprint density at radius 1 is 1.21 bits per heavy atom. The molecule has 1 heterocycles. The summed E-state index contributed by atoms with van der Waals surface area (Å²) in [5.74, 6) is 0.0173. The van der Waals surface area contributed by atoms with Gasteiger partial charge in [-0.1, -0.05) is 12.1 Å². The maximum atomic E-state index is 13.0. The van der Waals surface area contributed by atoms with Crippen molar-refractivity contribution in [1.29, 1.82) is 0 Å². The van der Waals surface area contributed by atoms with Gasteiger partial charge >= 0.3 is 5.69 Å². The Bertz CT molecular complexity index is 1370. The van der Waals surface area contributed by atoms with E-state index in [2.05, 4.69) is 15.5 Å². The van der Waals surface area contributed by atoms with Crippen LogP contribution in [0.15, 0.2) is 71.8 Å². The number of nitro benzene ring substituents is 1. The van der Waals surface area contributed by atoms with Crippen molar-refractivity contribution in [2.45, 2.75) is 6.42 Å². The molecule has 0 saturated heterocycles. The number of rotatable bonds is 7. The van der Waals surface area contributed by atoms with E-state index in [1.165, 1.54) is 42.6 Å². The minimum atomic E-state index is -0.597. The van der Waals surface area contributed by atoms with Crippen LogP contribution >= 0.6 is 0 Å². The van der Waals surface area contributed by atoms with Crippen LogP contribution in [-0.4, -0.2) is 26.6 Å². The van der Waals surface area contributed by atoms with Crippen LogP contribution in [0.1, 0.15) is 11.4 Å². The Kier molecular flexibility index (Phi) is 6.07. The maximum absolute atomic E-state index is 13.0. The highest BCUT2D eigenvalue weighted by Crippen LogP contribution is 2.32. The Morgan fingerprint density at radius 3 is 2.70 bits per heavy atom. The van der Waals surface area contributed by atoms with E-state index < -0.39 is 10.7 Å². The number of nitrogens with one attached hydrogen (secondary N) is 1. The van der Waals surface area contributed by atoms with Gasteiger partial charge in [-0.25, -0.2) is 14.8 Å². The van der Waals surface area contributed by atoms with Crippen LogP contribution < -0.4 is 10.2 Å². The molecule has 10 heteroatoms. The van der Waals surface area contributed by atoms with Crippen LogP contribution in [0, 0.1) is 15.9 Å². The third kappa shape index (κ3) is 5.01. The van der Waals surface area contributed by atoms with E-state index in [-0.39, 0.29) is 29.5 Å². The minimum absolute atomic E-state index is 0.00496. The topological polar surface area (TPSA) is 112 Å². The number of amides is 1. The number of hydrogen-bond acceptors (Lipinski definition) is 6. The van der Waals surface area contributed by atoms with E-state index in [0.29, 0.717) is 11.4 Å². The first kappa shape index (κ1) is 21.6. The molecule has 0 radical (unpaired) electrons. The number of imidazole rings is 1. The van der Waals surface area contributed by atoms with Gasteiger partial charge in [-0.15, -0.1) is 0 Å². The van der Waals surface area contributed by atoms with E-state index in [9.17, 15) is 19.3 Å². The minimum Gasteiger partial charge on any atom is -0.450 e. The summed E-state index contributed by atoms with van der Waals surface area (Å²) in [7, 11) is 1.83. The number of nitro groups is 1. The second-order valence-electron chi connectivity index (χ2n) is 7.09. The van der Waals surface area contributed by atoms with Crippen LogP contribution in [0.25, 0.3) is 11.0 Å². The van der Waals surface area contributed by atoms with Crippen LogP contribution in [0.4, 0.5) is 10.1 Å². The number of benzene rings is 3. The number of nitrogens with zero attached hydrogens (tertiary/aromatic N) is 4. The molecule has 0 fully saturated rings. The third-order valence-electron chi connectivity index (χ3n) is 4.82. The first-order valence-electron chi connectivity index (χ1n) is 9.85. The predicted octanol–water partition coefficient (Wildman–Crippen LogP) is 4.11. The van der Waals surface area contributed by atoms with Crippen LogP contribution in [-0.2, 0) is 18.3 Å². The molecule has 0 unspecified atom stereocenters. The van der Waals surface area contributed by atoms with Crippen molar-refractivity contribution >= 4 is 28.8 Å². The highest BCUT2D eigenvalue weighted by Gasteiger charge is 2.17. The summed E-state index contributed by atoms with van der Waals surface area (Å²) in [6.45, 7) is 0. The molecular formula is C23H18FN5O4. The monoisotopic (exact) mass is 447 g/mol. The Hall–Kier alpha value is -4.60. The number of aromatic nitrogens is 2. The second kappa shape index (κ2) is 9.27. The van der Waals surface area contributed by atoms with E-state index in [1.54, 1.807) is 6.07 Å². The standard InChI is InChI=1S/C23H18FN5O4/c1-28-19-5-3-2-4-18(19)26-22(28)13-23(30)27-25-14-15-6-11-21(20(12-15)29(31)32)33-17-9-7-16(24)8-10-17/h2-12,14H,13H2,1H3,(H,27,30)/b25-14+. The highest BCUT2D eigenvalue weighted by molar-refractivity contribution is 5.85. The summed E-state index contributed by atoms with van der Waals surface area (Å²) in [6.07, 6.45) is 1.31. The van der Waals surface area contributed by atoms with Gasteiger partial charge < -0.3 is 9.30 Å². The van der Waals surface area contributed by atoms with Crippen molar-refractivity contribution in [1.82, 2.24) is 15.0 Å². The van der Waals surface area contributed by atoms with E-state index >= 15 is 0 Å². The fourth-order valence-corrected chi connectivity index (χ4v) is 3.19. The number of fused-ring (bicyclic) bond motifs is 1. The number of halogens is 1. The van der Waals surface area contributed by atoms with Crippen LogP contribution in [0.3, 0.4) is 0 Å². The number of ether oxygens (including phenoxy) is 1. The SMILES string of the molecule is Cn1c(CC(=O)N/N=C/c2ccc(Oc3ccc(F)cc3)c([N+](=O)[O-])c2)nc2ccccc21. The lowest BCUT2D eigenvalue weighted by Crippen LogP contribution is -2.21. The molecule has 9 nitrogen and oxygen atoms in total. The molecule has 1 N–H and O–H groups in total. The average molecular weight is 447 g/mol. The lowest BCUT2D eigenvalue weighted by molar-refractivity contribution is -0.385. The summed E-state index contributed by atoms with van der Waals surface area (Å²) in [4.78, 5) is 27.5. The van der Waals surface area contributed by atoms with Gasteiger partial charge in [0.05, 0.1) is 28.6 Å². The molecular weight excluding hydrogens is 429 g/mol. The van der Waals surface area contributed by atoms with Gasteiger partial charge in [-0.3, -0.25) is 14.9 Å². The maximum Gasteiger partial charge on any atom is 0.312 e. The number of hydrazone groups is 1. The summed E-state index contributed by atoms with van der Waals surface area (Å²) in [5, 5.41) is 15.3. The van der Waals surface area contributed by atoms with E-state index in [0.717, 1.165) is 11.0 Å². The van der Waals surface area contributed by atoms with Gasteiger partial charge in [-0.05, 0) is 48.5 Å². The fourth-order valence-electron chi connectivity index (χ4n) is 3.19. The van der Waals surface area contributed by atoms with E-state index in [4.69, 9.17) is 4.74 Å². The van der Waals surface area contributed by atoms with Crippen molar-refractivity contribution in [3.8, 4) is 11.5 Å². The quantitative estimate of drug-likeness (QED) is 0.260. The van der Waals surface area contributed by atoms with Gasteiger partial charge in [0.2, 0.25) is 11.7 Å². The molecule has 3 aromatic carbocycles. The van der Waals surface area contributed by atoms with Crippen molar-refractivity contribution < 1.29 is 18.8 Å². The Morgan fingerprint density at radius 2 is 1.97 bits per heavy atom. The largest absolute Gasteiger partial charge is 0.450 e. The lowest BCUT2D eigenvalue weighted by atomic mass is 10.2. The molecule has 4 aromatic rings.